The standard InChI is InChI=1S/C24H34N6O3S/c1-12(2)21(32)16-10-15(11-17(16)31)28-22-19(13(3)27-24(30-22)26-8-9-33-5)23-29-20-14(4)25-7-6-18(20)34-23/h6-7,12,15-17,21,31-32H,8-11H2,1-5H3,(H2,26,27,28,30). The molecule has 184 valence electrons. The number of nitrogens with one attached hydrogen (secondary N) is 2. The molecule has 4 N–H and O–H groups in total. The van der Waals surface area contributed by atoms with Crippen LogP contribution in [0.25, 0.3) is 20.8 Å². The number of ether oxygens (including phenoxy) is 1. The molecule has 1 fully saturated rings. The molecule has 3 heterocycles. The summed E-state index contributed by atoms with van der Waals surface area (Å²) in [6, 6.07) is 1.95. The minimum absolute atomic E-state index is 0.0222. The van der Waals surface area contributed by atoms with Crippen molar-refractivity contribution in [2.24, 2.45) is 11.8 Å². The van der Waals surface area contributed by atoms with E-state index in [4.69, 9.17) is 14.7 Å². The number of methoxy groups -OCH3 is 1. The Morgan fingerprint density at radius 3 is 2.68 bits per heavy atom. The van der Waals surface area contributed by atoms with Gasteiger partial charge in [0.15, 0.2) is 0 Å². The number of aryl methyl sites for hydroxylation is 2. The number of aliphatic hydroxyl groups excluding tert-OH is 2. The highest BCUT2D eigenvalue weighted by molar-refractivity contribution is 7.21. The molecule has 0 spiro atoms. The summed E-state index contributed by atoms with van der Waals surface area (Å²) in [6.07, 6.45) is 1.91. The van der Waals surface area contributed by atoms with Gasteiger partial charge in [-0.1, -0.05) is 13.8 Å². The second kappa shape index (κ2) is 10.5. The van der Waals surface area contributed by atoms with E-state index in [1.54, 1.807) is 24.6 Å². The van der Waals surface area contributed by atoms with Crippen LogP contribution < -0.4 is 10.6 Å². The SMILES string of the molecule is COCCNc1nc(C)c(-c2nc3c(C)nccc3s2)c(NC2CC(O)C(C(O)C(C)C)C2)n1. The fraction of sp³-hybridized carbons (Fsp3) is 0.583. The first kappa shape index (κ1) is 24.7. The Kier molecular flexibility index (Phi) is 7.61. The van der Waals surface area contributed by atoms with Crippen LogP contribution in [0.1, 0.15) is 38.1 Å². The highest BCUT2D eigenvalue weighted by Gasteiger charge is 2.39. The molecule has 0 saturated heterocycles. The number of anilines is 2. The van der Waals surface area contributed by atoms with Gasteiger partial charge >= 0.3 is 0 Å². The molecule has 9 nitrogen and oxygen atoms in total. The third-order valence-corrected chi connectivity index (χ3v) is 7.46. The number of nitrogens with zero attached hydrogens (tertiary/aromatic N) is 4. The van der Waals surface area contributed by atoms with Gasteiger partial charge in [-0.3, -0.25) is 4.98 Å². The molecular weight excluding hydrogens is 452 g/mol. The summed E-state index contributed by atoms with van der Waals surface area (Å²) in [7, 11) is 1.65. The van der Waals surface area contributed by atoms with Crippen molar-refractivity contribution < 1.29 is 14.9 Å². The third-order valence-electron chi connectivity index (χ3n) is 6.42. The van der Waals surface area contributed by atoms with Crippen molar-refractivity contribution in [2.45, 2.75) is 58.8 Å². The Morgan fingerprint density at radius 1 is 1.18 bits per heavy atom. The molecule has 0 bridgehead atoms. The summed E-state index contributed by atoms with van der Waals surface area (Å²) in [6.45, 7) is 9.00. The Hall–Kier alpha value is -2.40. The first-order valence-electron chi connectivity index (χ1n) is 11.7. The number of aliphatic hydroxyl groups is 2. The van der Waals surface area contributed by atoms with Crippen molar-refractivity contribution in [1.82, 2.24) is 19.9 Å². The number of rotatable bonds is 9. The number of hydrogen-bond donors (Lipinski definition) is 4. The molecule has 4 rings (SSSR count). The van der Waals surface area contributed by atoms with Gasteiger partial charge in [0.2, 0.25) is 5.95 Å². The maximum Gasteiger partial charge on any atom is 0.224 e. The fourth-order valence-electron chi connectivity index (χ4n) is 4.59. The van der Waals surface area contributed by atoms with Crippen LogP contribution in [-0.4, -0.2) is 68.7 Å². The van der Waals surface area contributed by atoms with Crippen molar-refractivity contribution in [2.75, 3.05) is 30.9 Å². The van der Waals surface area contributed by atoms with Crippen LogP contribution in [0.3, 0.4) is 0 Å². The van der Waals surface area contributed by atoms with Crippen LogP contribution in [-0.2, 0) is 4.74 Å². The number of fused-ring (bicyclic) bond motifs is 1. The molecule has 3 aromatic heterocycles. The smallest absolute Gasteiger partial charge is 0.224 e. The summed E-state index contributed by atoms with van der Waals surface area (Å²) in [4.78, 5) is 18.7. The van der Waals surface area contributed by atoms with Crippen LogP contribution >= 0.6 is 11.3 Å². The minimum atomic E-state index is -0.559. The van der Waals surface area contributed by atoms with Crippen LogP contribution in [0.2, 0.25) is 0 Å². The molecule has 34 heavy (non-hydrogen) atoms. The van der Waals surface area contributed by atoms with E-state index in [0.29, 0.717) is 37.8 Å². The second-order valence-corrected chi connectivity index (χ2v) is 10.3. The van der Waals surface area contributed by atoms with E-state index >= 15 is 0 Å². The van der Waals surface area contributed by atoms with Gasteiger partial charge in [-0.2, -0.15) is 4.98 Å². The Morgan fingerprint density at radius 2 is 1.97 bits per heavy atom. The third kappa shape index (κ3) is 5.14. The second-order valence-electron chi connectivity index (χ2n) is 9.32. The Balaban J connectivity index is 1.69. The van der Waals surface area contributed by atoms with Gasteiger partial charge < -0.3 is 25.6 Å². The van der Waals surface area contributed by atoms with E-state index < -0.39 is 12.2 Å². The maximum absolute atomic E-state index is 10.6. The summed E-state index contributed by atoms with van der Waals surface area (Å²) in [5.74, 6) is 1.11. The Bertz CT molecular complexity index is 1140. The molecule has 0 amide bonds. The lowest BCUT2D eigenvalue weighted by Crippen LogP contribution is -2.31. The number of thiazole rings is 1. The van der Waals surface area contributed by atoms with Crippen molar-refractivity contribution in [1.29, 1.82) is 0 Å². The average molecular weight is 487 g/mol. The molecule has 4 atom stereocenters. The molecule has 4 unspecified atom stereocenters. The predicted molar refractivity (Wildman–Crippen MR) is 135 cm³/mol. The predicted octanol–water partition coefficient (Wildman–Crippen LogP) is 3.39. The summed E-state index contributed by atoms with van der Waals surface area (Å²) >= 11 is 1.59. The zero-order valence-electron chi connectivity index (χ0n) is 20.4. The average Bonchev–Trinajstić information content (AvgIpc) is 3.37. The molecule has 1 aliphatic carbocycles. The van der Waals surface area contributed by atoms with Gasteiger partial charge in [0.05, 0.1) is 40.5 Å². The molecule has 1 saturated carbocycles. The molecule has 0 aliphatic heterocycles. The lowest BCUT2D eigenvalue weighted by atomic mass is 9.90. The summed E-state index contributed by atoms with van der Waals surface area (Å²) in [5.41, 5.74) is 3.42. The fourth-order valence-corrected chi connectivity index (χ4v) is 5.70. The van der Waals surface area contributed by atoms with E-state index in [1.165, 1.54) is 0 Å². The van der Waals surface area contributed by atoms with E-state index in [2.05, 4.69) is 20.6 Å². The van der Waals surface area contributed by atoms with E-state index in [0.717, 1.165) is 32.2 Å². The lowest BCUT2D eigenvalue weighted by molar-refractivity contribution is 0.00585. The number of pyridine rings is 1. The normalized spacial score (nSPS) is 21.4. The van der Waals surface area contributed by atoms with Gasteiger partial charge in [-0.05, 0) is 38.7 Å². The first-order chi connectivity index (χ1) is 16.3. The van der Waals surface area contributed by atoms with Crippen molar-refractivity contribution in [3.8, 4) is 10.6 Å². The highest BCUT2D eigenvalue weighted by Crippen LogP contribution is 2.39. The van der Waals surface area contributed by atoms with Crippen LogP contribution in [0.5, 0.6) is 0 Å². The van der Waals surface area contributed by atoms with Crippen molar-refractivity contribution in [3.05, 3.63) is 23.7 Å². The van der Waals surface area contributed by atoms with Crippen molar-refractivity contribution >= 4 is 33.3 Å². The summed E-state index contributed by atoms with van der Waals surface area (Å²) < 4.78 is 6.20. The molecule has 1 aliphatic rings. The Labute approximate surface area is 204 Å². The van der Waals surface area contributed by atoms with Gasteiger partial charge in [0.25, 0.3) is 0 Å². The van der Waals surface area contributed by atoms with Gasteiger partial charge in [-0.15, -0.1) is 11.3 Å². The van der Waals surface area contributed by atoms with E-state index in [1.807, 2.05) is 33.8 Å². The largest absolute Gasteiger partial charge is 0.393 e. The van der Waals surface area contributed by atoms with Crippen LogP contribution in [0, 0.1) is 25.7 Å². The van der Waals surface area contributed by atoms with Gasteiger partial charge in [0, 0.05) is 31.8 Å². The highest BCUT2D eigenvalue weighted by atomic mass is 32.1. The summed E-state index contributed by atoms with van der Waals surface area (Å²) in [5, 5.41) is 28.8. The van der Waals surface area contributed by atoms with Gasteiger partial charge in [0.1, 0.15) is 16.3 Å². The van der Waals surface area contributed by atoms with Crippen LogP contribution in [0.4, 0.5) is 11.8 Å². The molecule has 0 aromatic carbocycles. The number of hydrogen-bond acceptors (Lipinski definition) is 10. The van der Waals surface area contributed by atoms with E-state index in [9.17, 15) is 10.2 Å². The molecular formula is C24H34N6O3S. The molecule has 3 aromatic rings. The minimum Gasteiger partial charge on any atom is -0.393 e. The zero-order chi connectivity index (χ0) is 24.4. The monoisotopic (exact) mass is 486 g/mol. The zero-order valence-corrected chi connectivity index (χ0v) is 21.2. The van der Waals surface area contributed by atoms with E-state index in [-0.39, 0.29) is 17.9 Å². The lowest BCUT2D eigenvalue weighted by Gasteiger charge is -2.24. The first-order valence-corrected chi connectivity index (χ1v) is 12.6. The quantitative estimate of drug-likeness (QED) is 0.337. The maximum atomic E-state index is 10.6. The van der Waals surface area contributed by atoms with Crippen LogP contribution in [0.15, 0.2) is 12.3 Å². The number of aromatic nitrogens is 4. The molecule has 0 radical (unpaired) electrons. The van der Waals surface area contributed by atoms with Crippen molar-refractivity contribution in [3.63, 3.8) is 0 Å². The topological polar surface area (TPSA) is 125 Å². The molecule has 10 heteroatoms. The van der Waals surface area contributed by atoms with Gasteiger partial charge in [-0.25, -0.2) is 9.97 Å².